The summed E-state index contributed by atoms with van der Waals surface area (Å²) in [6.07, 6.45) is 3.75. The smallest absolute Gasteiger partial charge is 0.223 e. The van der Waals surface area contributed by atoms with Crippen LogP contribution in [0.4, 0.5) is 0 Å². The van der Waals surface area contributed by atoms with Crippen LogP contribution < -0.4 is 5.32 Å². The van der Waals surface area contributed by atoms with Crippen molar-refractivity contribution in [2.45, 2.75) is 43.5 Å². The van der Waals surface area contributed by atoms with Crippen LogP contribution in [0.1, 0.15) is 32.6 Å². The number of carbonyl (C=O) groups is 1. The van der Waals surface area contributed by atoms with Gasteiger partial charge < -0.3 is 10.2 Å². The van der Waals surface area contributed by atoms with E-state index in [-0.39, 0.29) is 5.91 Å². The first kappa shape index (κ1) is 17.6. The Morgan fingerprint density at radius 2 is 2.09 bits per heavy atom. The molecule has 1 aromatic rings. The Hall–Kier alpha value is -0.710. The summed E-state index contributed by atoms with van der Waals surface area (Å²) in [5, 5.41) is 4.13. The largest absolute Gasteiger partial charge is 0.340 e. The molecule has 0 saturated carbocycles. The molecule has 1 saturated heterocycles. The maximum atomic E-state index is 12.6. The van der Waals surface area contributed by atoms with E-state index in [1.54, 1.807) is 11.8 Å². The van der Waals surface area contributed by atoms with Crippen molar-refractivity contribution < 1.29 is 4.79 Å². The molecule has 1 N–H and O–H groups in total. The highest BCUT2D eigenvalue weighted by Crippen LogP contribution is 2.27. The molecule has 0 aliphatic carbocycles. The highest BCUT2D eigenvalue weighted by atomic mass is 35.5. The summed E-state index contributed by atoms with van der Waals surface area (Å²) in [6, 6.07) is 8.23. The molecule has 0 bridgehead atoms. The van der Waals surface area contributed by atoms with Gasteiger partial charge in [0.25, 0.3) is 0 Å². The summed E-state index contributed by atoms with van der Waals surface area (Å²) in [7, 11) is 0. The zero-order chi connectivity index (χ0) is 15.8. The third-order valence-electron chi connectivity index (χ3n) is 3.94. The normalized spacial score (nSPS) is 15.7. The molecule has 1 heterocycles. The van der Waals surface area contributed by atoms with Crippen molar-refractivity contribution in [1.29, 1.82) is 0 Å². The lowest BCUT2D eigenvalue weighted by Crippen LogP contribution is -2.46. The van der Waals surface area contributed by atoms with Crippen molar-refractivity contribution in [3.8, 4) is 0 Å². The standard InChI is InChI=1S/C17H25ClN2OS/c1-2-12-20(14-7-10-19-11-8-14)17(21)9-13-22-16-6-4-3-5-15(16)18/h3-6,14,19H,2,7-13H2,1H3. The number of nitrogens with zero attached hydrogens (tertiary/aromatic N) is 1. The molecular formula is C17H25ClN2OS. The van der Waals surface area contributed by atoms with Crippen molar-refractivity contribution in [2.24, 2.45) is 0 Å². The molecule has 1 amide bonds. The molecule has 0 aromatic heterocycles. The van der Waals surface area contributed by atoms with E-state index in [0.717, 1.165) is 54.6 Å². The number of nitrogens with one attached hydrogen (secondary N) is 1. The highest BCUT2D eigenvalue weighted by molar-refractivity contribution is 7.99. The molecule has 1 aliphatic rings. The van der Waals surface area contributed by atoms with Gasteiger partial charge in [-0.05, 0) is 44.5 Å². The molecule has 3 nitrogen and oxygen atoms in total. The Morgan fingerprint density at radius 3 is 2.77 bits per heavy atom. The number of hydrogen-bond acceptors (Lipinski definition) is 3. The zero-order valence-electron chi connectivity index (χ0n) is 13.2. The van der Waals surface area contributed by atoms with Crippen LogP contribution in [0.25, 0.3) is 0 Å². The minimum atomic E-state index is 0.285. The van der Waals surface area contributed by atoms with Gasteiger partial charge in [-0.3, -0.25) is 4.79 Å². The number of hydrogen-bond donors (Lipinski definition) is 1. The molecular weight excluding hydrogens is 316 g/mol. The van der Waals surface area contributed by atoms with Gasteiger partial charge in [0.1, 0.15) is 0 Å². The number of rotatable bonds is 7. The lowest BCUT2D eigenvalue weighted by molar-refractivity contribution is -0.133. The van der Waals surface area contributed by atoms with Crippen molar-refractivity contribution in [1.82, 2.24) is 10.2 Å². The van der Waals surface area contributed by atoms with Gasteiger partial charge in [-0.25, -0.2) is 0 Å². The van der Waals surface area contributed by atoms with E-state index in [4.69, 9.17) is 11.6 Å². The van der Waals surface area contributed by atoms with Gasteiger partial charge in [-0.2, -0.15) is 0 Å². The van der Waals surface area contributed by atoms with E-state index in [9.17, 15) is 4.79 Å². The van der Waals surface area contributed by atoms with Crippen LogP contribution >= 0.6 is 23.4 Å². The third-order valence-corrected chi connectivity index (χ3v) is 5.46. The SMILES string of the molecule is CCCN(C(=O)CCSc1ccccc1Cl)C1CCNCC1. The van der Waals surface area contributed by atoms with E-state index in [0.29, 0.717) is 12.5 Å². The molecule has 0 radical (unpaired) electrons. The predicted octanol–water partition coefficient (Wildman–Crippen LogP) is 3.81. The van der Waals surface area contributed by atoms with Crippen LogP contribution in [0.3, 0.4) is 0 Å². The van der Waals surface area contributed by atoms with Crippen LogP contribution in [-0.2, 0) is 4.79 Å². The molecule has 1 aliphatic heterocycles. The highest BCUT2D eigenvalue weighted by Gasteiger charge is 2.24. The number of piperidine rings is 1. The Balaban J connectivity index is 1.84. The van der Waals surface area contributed by atoms with Gasteiger partial charge in [0.05, 0.1) is 5.02 Å². The summed E-state index contributed by atoms with van der Waals surface area (Å²) in [6.45, 7) is 5.05. The molecule has 122 valence electrons. The van der Waals surface area contributed by atoms with Crippen LogP contribution in [0.2, 0.25) is 5.02 Å². The number of amides is 1. The zero-order valence-corrected chi connectivity index (χ0v) is 14.8. The fourth-order valence-electron chi connectivity index (χ4n) is 2.82. The molecule has 2 rings (SSSR count). The van der Waals surface area contributed by atoms with Gasteiger partial charge in [0.15, 0.2) is 0 Å². The van der Waals surface area contributed by atoms with E-state index in [2.05, 4.69) is 17.1 Å². The summed E-state index contributed by atoms with van der Waals surface area (Å²) >= 11 is 7.82. The average Bonchev–Trinajstić information content (AvgIpc) is 2.55. The fourth-order valence-corrected chi connectivity index (χ4v) is 4.00. The number of thioether (sulfide) groups is 1. The Kier molecular flexibility index (Phi) is 7.56. The van der Waals surface area contributed by atoms with Gasteiger partial charge >= 0.3 is 0 Å². The van der Waals surface area contributed by atoms with Gasteiger partial charge in [0, 0.05) is 29.7 Å². The summed E-state index contributed by atoms with van der Waals surface area (Å²) in [4.78, 5) is 15.7. The van der Waals surface area contributed by atoms with Crippen LogP contribution in [0, 0.1) is 0 Å². The lowest BCUT2D eigenvalue weighted by Gasteiger charge is -2.34. The van der Waals surface area contributed by atoms with Crippen molar-refractivity contribution in [3.63, 3.8) is 0 Å². The van der Waals surface area contributed by atoms with Crippen molar-refractivity contribution in [3.05, 3.63) is 29.3 Å². The average molecular weight is 341 g/mol. The topological polar surface area (TPSA) is 32.3 Å². The fraction of sp³-hybridized carbons (Fsp3) is 0.588. The summed E-state index contributed by atoms with van der Waals surface area (Å²) < 4.78 is 0. The van der Waals surface area contributed by atoms with E-state index in [1.807, 2.05) is 24.3 Å². The first-order valence-corrected chi connectivity index (χ1v) is 9.46. The second-order valence-electron chi connectivity index (χ2n) is 5.60. The van der Waals surface area contributed by atoms with Crippen molar-refractivity contribution >= 4 is 29.3 Å². The van der Waals surface area contributed by atoms with Gasteiger partial charge in [-0.1, -0.05) is 30.7 Å². The summed E-state index contributed by atoms with van der Waals surface area (Å²) in [5.41, 5.74) is 0. The minimum Gasteiger partial charge on any atom is -0.340 e. The Bertz CT molecular complexity index is 477. The van der Waals surface area contributed by atoms with Crippen LogP contribution in [-0.4, -0.2) is 42.2 Å². The molecule has 1 aromatic carbocycles. The quantitative estimate of drug-likeness (QED) is 0.766. The molecule has 0 unspecified atom stereocenters. The minimum absolute atomic E-state index is 0.285. The molecule has 0 spiro atoms. The Morgan fingerprint density at radius 1 is 1.36 bits per heavy atom. The first-order valence-electron chi connectivity index (χ1n) is 8.10. The van der Waals surface area contributed by atoms with Gasteiger partial charge in [-0.15, -0.1) is 11.8 Å². The maximum Gasteiger partial charge on any atom is 0.223 e. The second kappa shape index (κ2) is 9.43. The van der Waals surface area contributed by atoms with Crippen LogP contribution in [0.15, 0.2) is 29.2 Å². The lowest BCUT2D eigenvalue weighted by atomic mass is 10.0. The number of carbonyl (C=O) groups excluding carboxylic acids is 1. The summed E-state index contributed by atoms with van der Waals surface area (Å²) in [5.74, 6) is 1.07. The van der Waals surface area contributed by atoms with E-state index >= 15 is 0 Å². The molecule has 0 atom stereocenters. The third kappa shape index (κ3) is 5.18. The second-order valence-corrected chi connectivity index (χ2v) is 7.14. The molecule has 1 fully saturated rings. The first-order chi connectivity index (χ1) is 10.7. The number of benzene rings is 1. The van der Waals surface area contributed by atoms with Crippen molar-refractivity contribution in [2.75, 3.05) is 25.4 Å². The number of halogens is 1. The molecule has 22 heavy (non-hydrogen) atoms. The monoisotopic (exact) mass is 340 g/mol. The van der Waals surface area contributed by atoms with Crippen LogP contribution in [0.5, 0.6) is 0 Å². The Labute approximate surface area is 142 Å². The molecule has 5 heteroatoms. The van der Waals surface area contributed by atoms with E-state index < -0.39 is 0 Å². The maximum absolute atomic E-state index is 12.6. The predicted molar refractivity (Wildman–Crippen MR) is 94.7 cm³/mol. The van der Waals surface area contributed by atoms with Gasteiger partial charge in [0.2, 0.25) is 5.91 Å². The van der Waals surface area contributed by atoms with E-state index in [1.165, 1.54) is 0 Å².